The van der Waals surface area contributed by atoms with Crippen LogP contribution in [0.4, 0.5) is 11.6 Å². The first-order valence-corrected chi connectivity index (χ1v) is 12.6. The molecule has 1 amide bonds. The maximum atomic E-state index is 12.9. The third-order valence-electron chi connectivity index (χ3n) is 5.41. The summed E-state index contributed by atoms with van der Waals surface area (Å²) in [5.41, 5.74) is 11.1. The van der Waals surface area contributed by atoms with E-state index in [-0.39, 0.29) is 61.0 Å². The van der Waals surface area contributed by atoms with Crippen LogP contribution < -0.4 is 27.4 Å². The molecule has 218 valence electrons. The Balaban J connectivity index is 1.79. The van der Waals surface area contributed by atoms with Crippen molar-refractivity contribution in [2.75, 3.05) is 30.6 Å². The van der Waals surface area contributed by atoms with Crippen LogP contribution in [0.5, 0.6) is 0 Å². The fraction of sp³-hybridized carbons (Fsp3) is 0.360. The minimum atomic E-state index is -1.08. The van der Waals surface area contributed by atoms with Crippen LogP contribution in [0.2, 0.25) is 0 Å². The highest BCUT2D eigenvalue weighted by molar-refractivity contribution is 5.97. The molecular formula is C25H30N8O8. The number of hydrogen-bond donors (Lipinski definition) is 4. The van der Waals surface area contributed by atoms with Crippen molar-refractivity contribution in [3.05, 3.63) is 52.1 Å². The van der Waals surface area contributed by atoms with E-state index < -0.39 is 42.0 Å². The second-order valence-electron chi connectivity index (χ2n) is 8.36. The molecule has 16 nitrogen and oxygen atoms in total. The van der Waals surface area contributed by atoms with Gasteiger partial charge in [0, 0.05) is 12.0 Å². The van der Waals surface area contributed by atoms with Crippen molar-refractivity contribution in [2.45, 2.75) is 39.3 Å². The second-order valence-corrected chi connectivity index (χ2v) is 8.36. The van der Waals surface area contributed by atoms with Crippen LogP contribution in [0.25, 0.3) is 11.2 Å². The standard InChI is InChI=1S/C25H30N8O8/c1-3-39-18(34)10-9-17(24(38)40-4-2)30-22(36)14-5-7-16(8-6-14)33(41-19(35)11-26)13-15-12-28-21-20(29-15)23(37)32-25(27)31-21/h5-8,12,17H,3-4,9-11,13,26H2,1-2H3,(H,30,36)(H3,27,28,31,32,37)/t17-/m0/s1. The first-order valence-electron chi connectivity index (χ1n) is 12.6. The molecular weight excluding hydrogens is 540 g/mol. The molecule has 0 saturated carbocycles. The number of H-pyrrole nitrogens is 1. The molecule has 0 saturated heterocycles. The number of aromatic nitrogens is 4. The molecule has 1 atom stereocenters. The lowest BCUT2D eigenvalue weighted by Crippen LogP contribution is -2.42. The number of carbonyl (C=O) groups excluding carboxylic acids is 4. The molecule has 3 rings (SSSR count). The summed E-state index contributed by atoms with van der Waals surface area (Å²) in [7, 11) is 0. The van der Waals surface area contributed by atoms with Gasteiger partial charge < -0.3 is 36.1 Å². The van der Waals surface area contributed by atoms with E-state index in [2.05, 4.69) is 25.3 Å². The first-order chi connectivity index (χ1) is 19.6. The molecule has 6 N–H and O–H groups in total. The van der Waals surface area contributed by atoms with Crippen LogP contribution in [0.15, 0.2) is 35.3 Å². The molecule has 0 aliphatic rings. The van der Waals surface area contributed by atoms with Crippen LogP contribution in [-0.4, -0.2) is 69.6 Å². The quantitative estimate of drug-likeness (QED) is 0.153. The number of fused-ring (bicyclic) bond motifs is 1. The summed E-state index contributed by atoms with van der Waals surface area (Å²) in [4.78, 5) is 81.1. The van der Waals surface area contributed by atoms with E-state index in [0.29, 0.717) is 5.69 Å². The number of ether oxygens (including phenoxy) is 2. The number of aromatic amines is 1. The summed E-state index contributed by atoms with van der Waals surface area (Å²) < 4.78 is 9.90. The van der Waals surface area contributed by atoms with Gasteiger partial charge in [-0.15, -0.1) is 0 Å². The summed E-state index contributed by atoms with van der Waals surface area (Å²) in [6.07, 6.45) is 1.25. The predicted molar refractivity (Wildman–Crippen MR) is 144 cm³/mol. The largest absolute Gasteiger partial charge is 0.466 e. The van der Waals surface area contributed by atoms with Gasteiger partial charge in [-0.2, -0.15) is 4.98 Å². The number of anilines is 2. The number of carbonyl (C=O) groups is 4. The van der Waals surface area contributed by atoms with E-state index in [1.54, 1.807) is 13.8 Å². The number of rotatable bonds is 13. The van der Waals surface area contributed by atoms with Crippen molar-refractivity contribution < 1.29 is 33.5 Å². The summed E-state index contributed by atoms with van der Waals surface area (Å²) in [5.74, 6) is -2.66. The van der Waals surface area contributed by atoms with E-state index in [0.717, 1.165) is 5.06 Å². The molecule has 0 fully saturated rings. The van der Waals surface area contributed by atoms with Gasteiger partial charge >= 0.3 is 23.5 Å². The molecule has 16 heteroatoms. The Kier molecular flexibility index (Phi) is 10.6. The molecule has 3 aromatic rings. The number of benzene rings is 1. The second kappa shape index (κ2) is 14.3. The Hall–Kier alpha value is -5.12. The lowest BCUT2D eigenvalue weighted by molar-refractivity contribution is -0.147. The molecule has 0 unspecified atom stereocenters. The van der Waals surface area contributed by atoms with E-state index >= 15 is 0 Å². The average molecular weight is 571 g/mol. The van der Waals surface area contributed by atoms with Gasteiger partial charge in [0.15, 0.2) is 11.2 Å². The summed E-state index contributed by atoms with van der Waals surface area (Å²) >= 11 is 0. The van der Waals surface area contributed by atoms with Crippen LogP contribution in [0, 0.1) is 0 Å². The molecule has 0 aliphatic heterocycles. The summed E-state index contributed by atoms with van der Waals surface area (Å²) in [6, 6.07) is 4.77. The minimum Gasteiger partial charge on any atom is -0.466 e. The van der Waals surface area contributed by atoms with Gasteiger partial charge in [-0.05, 0) is 44.5 Å². The van der Waals surface area contributed by atoms with Crippen molar-refractivity contribution >= 4 is 46.6 Å². The number of amides is 1. The van der Waals surface area contributed by atoms with Crippen LogP contribution in [0.1, 0.15) is 42.7 Å². The van der Waals surface area contributed by atoms with Gasteiger partial charge in [-0.25, -0.2) is 24.6 Å². The lowest BCUT2D eigenvalue weighted by atomic mass is 10.1. The highest BCUT2D eigenvalue weighted by atomic mass is 16.7. The van der Waals surface area contributed by atoms with Crippen LogP contribution in [-0.2, 0) is 35.2 Å². The third-order valence-corrected chi connectivity index (χ3v) is 5.41. The van der Waals surface area contributed by atoms with Gasteiger partial charge in [0.2, 0.25) is 5.95 Å². The zero-order valence-corrected chi connectivity index (χ0v) is 22.4. The van der Waals surface area contributed by atoms with Crippen molar-refractivity contribution in [3.8, 4) is 0 Å². The monoisotopic (exact) mass is 570 g/mol. The van der Waals surface area contributed by atoms with Crippen molar-refractivity contribution in [2.24, 2.45) is 5.73 Å². The maximum Gasteiger partial charge on any atom is 0.345 e. The lowest BCUT2D eigenvalue weighted by Gasteiger charge is -2.23. The zero-order chi connectivity index (χ0) is 29.9. The molecule has 2 aromatic heterocycles. The number of nitrogens with zero attached hydrogens (tertiary/aromatic N) is 4. The Labute approximate surface area is 233 Å². The Morgan fingerprint density at radius 2 is 1.76 bits per heavy atom. The van der Waals surface area contributed by atoms with Gasteiger partial charge in [-0.1, -0.05) is 0 Å². The highest BCUT2D eigenvalue weighted by Crippen LogP contribution is 2.19. The minimum absolute atomic E-state index is 0.0119. The predicted octanol–water partition coefficient (Wildman–Crippen LogP) is -0.276. The van der Waals surface area contributed by atoms with E-state index in [4.69, 9.17) is 25.8 Å². The molecule has 2 heterocycles. The number of esters is 2. The topological polar surface area (TPSA) is 235 Å². The fourth-order valence-electron chi connectivity index (χ4n) is 3.55. The van der Waals surface area contributed by atoms with Gasteiger partial charge in [0.05, 0.1) is 37.3 Å². The summed E-state index contributed by atoms with van der Waals surface area (Å²) in [6.45, 7) is 3.02. The normalized spacial score (nSPS) is 11.4. The molecule has 0 bridgehead atoms. The molecule has 0 radical (unpaired) electrons. The number of nitrogens with one attached hydrogen (secondary N) is 2. The van der Waals surface area contributed by atoms with Gasteiger partial charge in [0.1, 0.15) is 12.6 Å². The summed E-state index contributed by atoms with van der Waals surface area (Å²) in [5, 5.41) is 3.73. The fourth-order valence-corrected chi connectivity index (χ4v) is 3.55. The Bertz CT molecular complexity index is 1460. The van der Waals surface area contributed by atoms with Gasteiger partial charge in [0.25, 0.3) is 5.91 Å². The number of nitrogens with two attached hydrogens (primary N) is 2. The van der Waals surface area contributed by atoms with E-state index in [9.17, 15) is 24.0 Å². The van der Waals surface area contributed by atoms with Crippen LogP contribution in [0.3, 0.4) is 0 Å². The van der Waals surface area contributed by atoms with Crippen molar-refractivity contribution in [1.29, 1.82) is 0 Å². The molecule has 1 aromatic carbocycles. The van der Waals surface area contributed by atoms with E-state index in [1.807, 2.05) is 0 Å². The first kappa shape index (κ1) is 30.4. The van der Waals surface area contributed by atoms with E-state index in [1.165, 1.54) is 30.5 Å². The molecule has 0 aliphatic carbocycles. The maximum absolute atomic E-state index is 12.9. The molecule has 41 heavy (non-hydrogen) atoms. The SMILES string of the molecule is CCOC(=O)CC[C@H](NC(=O)c1ccc(N(Cc2cnc3[nH]c(N)nc(=O)c3n2)OC(=O)CN)cc1)C(=O)OCC. The third kappa shape index (κ3) is 8.43. The number of nitrogen functional groups attached to an aromatic ring is 1. The zero-order valence-electron chi connectivity index (χ0n) is 22.4. The van der Waals surface area contributed by atoms with Gasteiger partial charge in [-0.3, -0.25) is 14.4 Å². The van der Waals surface area contributed by atoms with Crippen LogP contribution >= 0.6 is 0 Å². The van der Waals surface area contributed by atoms with Crippen molar-refractivity contribution in [1.82, 2.24) is 25.3 Å². The average Bonchev–Trinajstić information content (AvgIpc) is 2.95. The number of hydroxylamine groups is 1. The highest BCUT2D eigenvalue weighted by Gasteiger charge is 2.24. The van der Waals surface area contributed by atoms with Crippen molar-refractivity contribution in [3.63, 3.8) is 0 Å². The number of hydrogen-bond acceptors (Lipinski definition) is 14. The molecule has 0 spiro atoms. The smallest absolute Gasteiger partial charge is 0.345 e. The Morgan fingerprint density at radius 1 is 1.05 bits per heavy atom. The Morgan fingerprint density at radius 3 is 2.41 bits per heavy atom.